The number of allylic oxidation sites excluding steroid dienone is 3. The van der Waals surface area contributed by atoms with Crippen molar-refractivity contribution in [3.8, 4) is 6.07 Å². The summed E-state index contributed by atoms with van der Waals surface area (Å²) in [6.07, 6.45) is 4.37. The lowest BCUT2D eigenvalue weighted by Crippen LogP contribution is -2.42. The van der Waals surface area contributed by atoms with Crippen LogP contribution in [0.3, 0.4) is 0 Å². The molecule has 1 atom stereocenters. The summed E-state index contributed by atoms with van der Waals surface area (Å²) in [5.41, 5.74) is 9.65. The minimum absolute atomic E-state index is 0.0832. The number of nitriles is 1. The van der Waals surface area contributed by atoms with Gasteiger partial charge in [0, 0.05) is 34.7 Å². The van der Waals surface area contributed by atoms with Gasteiger partial charge in [0.2, 0.25) is 0 Å². The topological polar surface area (TPSA) is 140 Å². The summed E-state index contributed by atoms with van der Waals surface area (Å²) in [6.45, 7) is 6.01. The Labute approximate surface area is 230 Å². The lowest BCUT2D eigenvalue weighted by molar-refractivity contribution is -0.384. The molecule has 9 nitrogen and oxygen atoms in total. The number of rotatable bonds is 5. The Morgan fingerprint density at radius 1 is 1.26 bits per heavy atom. The maximum atomic E-state index is 13.8. The zero-order chi connectivity index (χ0) is 28.1. The monoisotopic (exact) mass is 546 g/mol. The standard InChI is InChI=1S/C29H30N4O5S/c1-4-38-28(35)24-18-7-5-6-8-22(18)39-27(24)32-20-13-29(2,3)14-21(34)25(20)23(19(15-30)26(32)31)16-9-11-17(12-10-16)33(36)37/h9-12,23H,4-8,13-14,31H2,1-3H3/t23-/m1/s1. The molecule has 0 unspecified atom stereocenters. The number of thiophene rings is 1. The number of nitro groups is 1. The van der Waals surface area contributed by atoms with Crippen LogP contribution < -0.4 is 10.6 Å². The molecule has 2 aliphatic carbocycles. The fourth-order valence-corrected chi connectivity index (χ4v) is 7.40. The number of aryl methyl sites for hydroxylation is 1. The third-order valence-corrected chi connectivity index (χ3v) is 8.93. The molecule has 0 spiro atoms. The number of nitrogens with zero attached hydrogens (tertiary/aromatic N) is 3. The van der Waals surface area contributed by atoms with Crippen molar-refractivity contribution in [1.82, 2.24) is 0 Å². The molecule has 1 aromatic heterocycles. The molecule has 39 heavy (non-hydrogen) atoms. The Morgan fingerprint density at radius 2 is 1.95 bits per heavy atom. The van der Waals surface area contributed by atoms with Crippen molar-refractivity contribution in [3.05, 3.63) is 78.6 Å². The first-order valence-corrected chi connectivity index (χ1v) is 13.9. The Kier molecular flexibility index (Phi) is 6.81. The highest BCUT2D eigenvalue weighted by molar-refractivity contribution is 7.16. The van der Waals surface area contributed by atoms with Crippen LogP contribution in [0.5, 0.6) is 0 Å². The molecular formula is C29H30N4O5S. The lowest BCUT2D eigenvalue weighted by atomic mass is 9.68. The first kappa shape index (κ1) is 26.6. The zero-order valence-corrected chi connectivity index (χ0v) is 23.0. The maximum absolute atomic E-state index is 13.8. The highest BCUT2D eigenvalue weighted by atomic mass is 32.1. The van der Waals surface area contributed by atoms with Crippen LogP contribution in [0.15, 0.2) is 46.9 Å². The van der Waals surface area contributed by atoms with E-state index in [1.54, 1.807) is 24.0 Å². The largest absolute Gasteiger partial charge is 0.462 e. The van der Waals surface area contributed by atoms with E-state index in [0.717, 1.165) is 36.1 Å². The van der Waals surface area contributed by atoms with Crippen molar-refractivity contribution in [2.24, 2.45) is 11.1 Å². The molecule has 0 fully saturated rings. The predicted molar refractivity (Wildman–Crippen MR) is 147 cm³/mol. The van der Waals surface area contributed by atoms with Gasteiger partial charge < -0.3 is 10.5 Å². The lowest BCUT2D eigenvalue weighted by Gasteiger charge is -2.43. The zero-order valence-electron chi connectivity index (χ0n) is 22.2. The highest BCUT2D eigenvalue weighted by Gasteiger charge is 2.46. The number of hydrogen-bond acceptors (Lipinski definition) is 9. The van der Waals surface area contributed by atoms with Gasteiger partial charge in [0.1, 0.15) is 10.8 Å². The minimum atomic E-state index is -0.758. The van der Waals surface area contributed by atoms with Gasteiger partial charge >= 0.3 is 5.97 Å². The Morgan fingerprint density at radius 3 is 2.59 bits per heavy atom. The number of esters is 1. The fourth-order valence-electron chi connectivity index (χ4n) is 5.99. The van der Waals surface area contributed by atoms with Gasteiger partial charge in [0.05, 0.1) is 34.7 Å². The van der Waals surface area contributed by atoms with Gasteiger partial charge in [-0.25, -0.2) is 4.79 Å². The molecule has 2 N–H and O–H groups in total. The number of ketones is 1. The number of hydrogen-bond donors (Lipinski definition) is 1. The van der Waals surface area contributed by atoms with Crippen LogP contribution in [0, 0.1) is 26.9 Å². The quantitative estimate of drug-likeness (QED) is 0.288. The number of anilines is 1. The Bertz CT molecular complexity index is 1490. The van der Waals surface area contributed by atoms with E-state index in [2.05, 4.69) is 6.07 Å². The predicted octanol–water partition coefficient (Wildman–Crippen LogP) is 5.65. The van der Waals surface area contributed by atoms with E-state index in [1.165, 1.54) is 23.5 Å². The van der Waals surface area contributed by atoms with Crippen LogP contribution in [0.25, 0.3) is 0 Å². The van der Waals surface area contributed by atoms with Gasteiger partial charge in [0.25, 0.3) is 5.69 Å². The number of fused-ring (bicyclic) bond motifs is 1. The van der Waals surface area contributed by atoms with Gasteiger partial charge in [-0.05, 0) is 55.6 Å². The maximum Gasteiger partial charge on any atom is 0.341 e. The van der Waals surface area contributed by atoms with Gasteiger partial charge in [-0.1, -0.05) is 26.0 Å². The van der Waals surface area contributed by atoms with Crippen LogP contribution >= 0.6 is 11.3 Å². The highest BCUT2D eigenvalue weighted by Crippen LogP contribution is 2.53. The van der Waals surface area contributed by atoms with E-state index >= 15 is 0 Å². The summed E-state index contributed by atoms with van der Waals surface area (Å²) in [6, 6.07) is 8.13. The molecular weight excluding hydrogens is 516 g/mol. The summed E-state index contributed by atoms with van der Waals surface area (Å²) in [5, 5.41) is 22.2. The molecule has 0 bridgehead atoms. The van der Waals surface area contributed by atoms with E-state index in [0.29, 0.717) is 33.8 Å². The Balaban J connectivity index is 1.77. The van der Waals surface area contributed by atoms with Crippen LogP contribution in [-0.2, 0) is 22.4 Å². The molecule has 1 aromatic carbocycles. The van der Waals surface area contributed by atoms with Crippen LogP contribution in [-0.4, -0.2) is 23.3 Å². The van der Waals surface area contributed by atoms with E-state index in [9.17, 15) is 25.0 Å². The second-order valence-electron chi connectivity index (χ2n) is 10.9. The summed E-state index contributed by atoms with van der Waals surface area (Å²) in [5.74, 6) is -1.13. The Hall–Kier alpha value is -3.97. The van der Waals surface area contributed by atoms with Crippen molar-refractivity contribution < 1.29 is 19.2 Å². The molecule has 0 radical (unpaired) electrons. The normalized spacial score (nSPS) is 20.3. The van der Waals surface area contributed by atoms with Crippen molar-refractivity contribution in [3.63, 3.8) is 0 Å². The summed E-state index contributed by atoms with van der Waals surface area (Å²) in [7, 11) is 0. The number of nitrogens with two attached hydrogens (primary N) is 1. The second kappa shape index (κ2) is 9.97. The van der Waals surface area contributed by atoms with Crippen molar-refractivity contribution in [2.45, 2.75) is 65.2 Å². The van der Waals surface area contributed by atoms with Gasteiger partial charge in [-0.2, -0.15) is 5.26 Å². The SMILES string of the molecule is CCOC(=O)c1c(N2C(N)=C(C#N)[C@@H](c3ccc([N+](=O)[O-])cc3)C3=C2CC(C)(C)CC3=O)sc2c1CCCC2. The van der Waals surface area contributed by atoms with Crippen molar-refractivity contribution in [2.75, 3.05) is 11.5 Å². The summed E-state index contributed by atoms with van der Waals surface area (Å²) < 4.78 is 5.47. The van der Waals surface area contributed by atoms with E-state index in [-0.39, 0.29) is 41.3 Å². The van der Waals surface area contributed by atoms with E-state index in [1.807, 2.05) is 13.8 Å². The molecule has 5 rings (SSSR count). The molecule has 0 saturated carbocycles. The molecule has 202 valence electrons. The third-order valence-electron chi connectivity index (χ3n) is 7.65. The first-order valence-electron chi connectivity index (χ1n) is 13.1. The van der Waals surface area contributed by atoms with Crippen LogP contribution in [0.1, 0.15) is 78.7 Å². The van der Waals surface area contributed by atoms with Crippen LogP contribution in [0.2, 0.25) is 0 Å². The number of benzene rings is 1. The van der Waals surface area contributed by atoms with E-state index < -0.39 is 16.8 Å². The summed E-state index contributed by atoms with van der Waals surface area (Å²) >= 11 is 1.48. The number of carbonyl (C=O) groups excluding carboxylic acids is 2. The molecule has 1 aliphatic heterocycles. The number of Topliss-reactive ketones (excluding diaryl/α,β-unsaturated/α-hetero) is 1. The number of carbonyl (C=O) groups is 2. The number of nitro benzene ring substituents is 1. The average Bonchev–Trinajstić information content (AvgIpc) is 3.26. The fraction of sp³-hybridized carbons (Fsp3) is 0.414. The summed E-state index contributed by atoms with van der Waals surface area (Å²) in [4.78, 5) is 40.7. The molecule has 10 heteroatoms. The minimum Gasteiger partial charge on any atom is -0.462 e. The molecule has 0 saturated heterocycles. The molecule has 0 amide bonds. The van der Waals surface area contributed by atoms with Gasteiger partial charge in [0.15, 0.2) is 5.78 Å². The number of non-ortho nitro benzene ring substituents is 1. The average molecular weight is 547 g/mol. The smallest absolute Gasteiger partial charge is 0.341 e. The molecule has 2 aromatic rings. The first-order chi connectivity index (χ1) is 18.6. The third kappa shape index (κ3) is 4.51. The van der Waals surface area contributed by atoms with Gasteiger partial charge in [-0.3, -0.25) is 19.8 Å². The molecule has 2 heterocycles. The van der Waals surface area contributed by atoms with E-state index in [4.69, 9.17) is 10.5 Å². The van der Waals surface area contributed by atoms with Crippen LogP contribution in [0.4, 0.5) is 10.7 Å². The molecule has 3 aliphatic rings. The second-order valence-corrected chi connectivity index (χ2v) is 12.0. The van der Waals surface area contributed by atoms with Crippen molar-refractivity contribution in [1.29, 1.82) is 5.26 Å². The number of ether oxygens (including phenoxy) is 1. The van der Waals surface area contributed by atoms with Crippen molar-refractivity contribution >= 4 is 33.8 Å². The van der Waals surface area contributed by atoms with Gasteiger partial charge in [-0.15, -0.1) is 11.3 Å².